The van der Waals surface area contributed by atoms with E-state index in [1.54, 1.807) is 6.07 Å². The molecule has 2 amide bonds. The number of para-hydroxylation sites is 1. The van der Waals surface area contributed by atoms with Gasteiger partial charge in [0.2, 0.25) is 11.5 Å². The van der Waals surface area contributed by atoms with Gasteiger partial charge in [0.25, 0.3) is 11.8 Å². The van der Waals surface area contributed by atoms with Gasteiger partial charge in [0.05, 0.1) is 0 Å². The number of nitrogen functional groups attached to an aromatic ring is 1. The molecule has 1 aromatic heterocycles. The second-order valence-corrected chi connectivity index (χ2v) is 6.74. The summed E-state index contributed by atoms with van der Waals surface area (Å²) in [6.45, 7) is 3.23. The third-order valence-electron chi connectivity index (χ3n) is 4.30. The third kappa shape index (κ3) is 6.54. The van der Waals surface area contributed by atoms with Crippen LogP contribution in [0.2, 0.25) is 0 Å². The van der Waals surface area contributed by atoms with Crippen molar-refractivity contribution >= 4 is 23.3 Å². The van der Waals surface area contributed by atoms with E-state index in [0.717, 1.165) is 16.8 Å². The minimum absolute atomic E-state index is 0.0392. The van der Waals surface area contributed by atoms with Gasteiger partial charge in [0.15, 0.2) is 6.61 Å². The number of carbonyl (C=O) groups excluding carboxylic acids is 2. The van der Waals surface area contributed by atoms with Crippen LogP contribution in [0.1, 0.15) is 21.6 Å². The molecule has 2 aromatic carbocycles. The molecule has 0 radical (unpaired) electrons. The first-order valence-electron chi connectivity index (χ1n) is 9.67. The molecule has 0 saturated heterocycles. The molecule has 0 aliphatic carbocycles. The van der Waals surface area contributed by atoms with Gasteiger partial charge >= 0.3 is 0 Å². The number of nitrogens with zero attached hydrogens (tertiary/aromatic N) is 2. The number of ether oxygens (including phenoxy) is 1. The zero-order chi connectivity index (χ0) is 22.1. The van der Waals surface area contributed by atoms with Gasteiger partial charge in [-0.25, -0.2) is 4.63 Å². The van der Waals surface area contributed by atoms with E-state index in [1.165, 1.54) is 0 Å². The van der Waals surface area contributed by atoms with Crippen molar-refractivity contribution in [2.75, 3.05) is 30.7 Å². The van der Waals surface area contributed by atoms with E-state index in [-0.39, 0.29) is 24.0 Å². The molecular formula is C21H24N6O4. The molecule has 0 atom stereocenters. The summed E-state index contributed by atoms with van der Waals surface area (Å²) in [6.07, 6.45) is 0. The summed E-state index contributed by atoms with van der Waals surface area (Å²) in [6, 6.07) is 15.0. The first-order valence-corrected chi connectivity index (χ1v) is 9.67. The molecule has 0 bridgehead atoms. The average Bonchev–Trinajstić information content (AvgIpc) is 3.20. The van der Waals surface area contributed by atoms with Crippen LogP contribution in [-0.4, -0.2) is 41.8 Å². The summed E-state index contributed by atoms with van der Waals surface area (Å²) >= 11 is 0. The summed E-state index contributed by atoms with van der Waals surface area (Å²) in [4.78, 5) is 24.0. The molecule has 0 aliphatic rings. The summed E-state index contributed by atoms with van der Waals surface area (Å²) in [7, 11) is 0. The molecule has 1 heterocycles. The lowest BCUT2D eigenvalue weighted by Crippen LogP contribution is -2.32. The Kier molecular flexibility index (Phi) is 7.55. The van der Waals surface area contributed by atoms with Crippen LogP contribution in [-0.2, 0) is 11.3 Å². The fraction of sp³-hybridized carbons (Fsp3) is 0.238. The van der Waals surface area contributed by atoms with Crippen LogP contribution in [0.3, 0.4) is 0 Å². The van der Waals surface area contributed by atoms with Gasteiger partial charge in [-0.2, -0.15) is 0 Å². The minimum Gasteiger partial charge on any atom is -0.483 e. The average molecular weight is 424 g/mol. The molecule has 3 aromatic rings. The summed E-state index contributed by atoms with van der Waals surface area (Å²) < 4.78 is 10.1. The van der Waals surface area contributed by atoms with Crippen LogP contribution >= 0.6 is 0 Å². The summed E-state index contributed by atoms with van der Waals surface area (Å²) in [5.74, 6) is -0.137. The molecule has 0 spiro atoms. The van der Waals surface area contributed by atoms with Gasteiger partial charge in [0.1, 0.15) is 5.75 Å². The van der Waals surface area contributed by atoms with E-state index in [2.05, 4.69) is 30.9 Å². The summed E-state index contributed by atoms with van der Waals surface area (Å²) in [5.41, 5.74) is 8.17. The standard InChI is InChI=1S/C21H24N6O4/c1-14-6-8-16(9-7-14)25-18(28)13-30-17-5-3-2-4-15(17)12-23-10-11-24-21(29)19-20(22)27-31-26-19/h2-9,23H,10-13H2,1H3,(H2,22,27)(H,24,29)(H,25,28). The molecule has 10 heteroatoms. The maximum Gasteiger partial charge on any atom is 0.277 e. The number of benzene rings is 2. The number of rotatable bonds is 10. The number of carbonyl (C=O) groups is 2. The van der Waals surface area contributed by atoms with Crippen molar-refractivity contribution in [1.29, 1.82) is 0 Å². The number of nitrogens with one attached hydrogen (secondary N) is 3. The van der Waals surface area contributed by atoms with Crippen molar-refractivity contribution in [1.82, 2.24) is 20.9 Å². The number of hydrogen-bond donors (Lipinski definition) is 4. The molecule has 3 rings (SSSR count). The lowest BCUT2D eigenvalue weighted by Gasteiger charge is -2.12. The first-order chi connectivity index (χ1) is 15.0. The maximum absolute atomic E-state index is 12.1. The zero-order valence-electron chi connectivity index (χ0n) is 17.1. The molecule has 0 aliphatic heterocycles. The van der Waals surface area contributed by atoms with Gasteiger partial charge < -0.3 is 26.4 Å². The number of anilines is 2. The van der Waals surface area contributed by atoms with Gasteiger partial charge in [-0.15, -0.1) is 0 Å². The molecule has 0 fully saturated rings. The van der Waals surface area contributed by atoms with Crippen molar-refractivity contribution in [2.24, 2.45) is 0 Å². The number of nitrogens with two attached hydrogens (primary N) is 1. The minimum atomic E-state index is -0.455. The van der Waals surface area contributed by atoms with Crippen LogP contribution in [0.15, 0.2) is 53.2 Å². The Morgan fingerprint density at radius 2 is 1.84 bits per heavy atom. The van der Waals surface area contributed by atoms with Gasteiger partial charge in [-0.3, -0.25) is 9.59 Å². The number of amides is 2. The quantitative estimate of drug-likeness (QED) is 0.358. The van der Waals surface area contributed by atoms with E-state index < -0.39 is 5.91 Å². The normalized spacial score (nSPS) is 10.5. The highest BCUT2D eigenvalue weighted by Crippen LogP contribution is 2.18. The first kappa shape index (κ1) is 21.8. The van der Waals surface area contributed by atoms with E-state index >= 15 is 0 Å². The Hall–Kier alpha value is -3.92. The van der Waals surface area contributed by atoms with E-state index in [1.807, 2.05) is 49.4 Å². The second kappa shape index (κ2) is 10.7. The largest absolute Gasteiger partial charge is 0.483 e. The van der Waals surface area contributed by atoms with Crippen molar-refractivity contribution < 1.29 is 19.0 Å². The van der Waals surface area contributed by atoms with Crippen molar-refractivity contribution in [2.45, 2.75) is 13.5 Å². The van der Waals surface area contributed by atoms with E-state index in [9.17, 15) is 9.59 Å². The number of aryl methyl sites for hydroxylation is 1. The molecule has 10 nitrogen and oxygen atoms in total. The lowest BCUT2D eigenvalue weighted by molar-refractivity contribution is -0.118. The van der Waals surface area contributed by atoms with Crippen LogP contribution < -0.4 is 26.4 Å². The van der Waals surface area contributed by atoms with Gasteiger partial charge in [-0.1, -0.05) is 35.9 Å². The zero-order valence-corrected chi connectivity index (χ0v) is 17.1. The Bertz CT molecular complexity index is 1020. The Morgan fingerprint density at radius 3 is 2.58 bits per heavy atom. The van der Waals surface area contributed by atoms with Gasteiger partial charge in [-0.05, 0) is 35.4 Å². The van der Waals surface area contributed by atoms with Crippen molar-refractivity contribution in [3.63, 3.8) is 0 Å². The predicted octanol–water partition coefficient (Wildman–Crippen LogP) is 1.50. The molecule has 162 valence electrons. The van der Waals surface area contributed by atoms with E-state index in [0.29, 0.717) is 25.4 Å². The Balaban J connectivity index is 1.41. The predicted molar refractivity (Wildman–Crippen MR) is 114 cm³/mol. The fourth-order valence-corrected chi connectivity index (χ4v) is 2.69. The van der Waals surface area contributed by atoms with Crippen molar-refractivity contribution in [3.8, 4) is 5.75 Å². The van der Waals surface area contributed by atoms with Crippen LogP contribution in [0, 0.1) is 6.92 Å². The van der Waals surface area contributed by atoms with Gasteiger partial charge in [0, 0.05) is 30.9 Å². The number of hydrogen-bond acceptors (Lipinski definition) is 8. The highest BCUT2D eigenvalue weighted by atomic mass is 16.6. The topological polar surface area (TPSA) is 144 Å². The van der Waals surface area contributed by atoms with Crippen LogP contribution in [0.4, 0.5) is 11.5 Å². The second-order valence-electron chi connectivity index (χ2n) is 6.74. The van der Waals surface area contributed by atoms with Crippen LogP contribution in [0.5, 0.6) is 5.75 Å². The Morgan fingerprint density at radius 1 is 1.06 bits per heavy atom. The highest BCUT2D eigenvalue weighted by Gasteiger charge is 2.15. The smallest absolute Gasteiger partial charge is 0.277 e. The molecule has 0 saturated carbocycles. The fourth-order valence-electron chi connectivity index (χ4n) is 2.69. The third-order valence-corrected chi connectivity index (χ3v) is 4.30. The molecule has 0 unspecified atom stereocenters. The SMILES string of the molecule is Cc1ccc(NC(=O)COc2ccccc2CNCCNC(=O)c2nonc2N)cc1. The van der Waals surface area contributed by atoms with E-state index in [4.69, 9.17) is 10.5 Å². The highest BCUT2D eigenvalue weighted by molar-refractivity contribution is 5.96. The van der Waals surface area contributed by atoms with Crippen molar-refractivity contribution in [3.05, 3.63) is 65.4 Å². The lowest BCUT2D eigenvalue weighted by atomic mass is 10.2. The maximum atomic E-state index is 12.1. The summed E-state index contributed by atoms with van der Waals surface area (Å²) in [5, 5.41) is 15.5. The molecule has 31 heavy (non-hydrogen) atoms. The molecular weight excluding hydrogens is 400 g/mol. The molecule has 5 N–H and O–H groups in total. The van der Waals surface area contributed by atoms with Crippen LogP contribution in [0.25, 0.3) is 0 Å². The Labute approximate surface area is 179 Å². The monoisotopic (exact) mass is 424 g/mol. The number of aromatic nitrogens is 2.